The Labute approximate surface area is 118 Å². The lowest BCUT2D eigenvalue weighted by molar-refractivity contribution is -0.148. The first-order chi connectivity index (χ1) is 9.39. The van der Waals surface area contributed by atoms with Crippen molar-refractivity contribution in [1.29, 1.82) is 0 Å². The van der Waals surface area contributed by atoms with Gasteiger partial charge in [0.25, 0.3) is 0 Å². The van der Waals surface area contributed by atoms with Crippen LogP contribution in [0.2, 0.25) is 0 Å². The number of aliphatic carboxylic acids is 1. The van der Waals surface area contributed by atoms with Crippen LogP contribution in [0.5, 0.6) is 0 Å². The number of amides is 2. The summed E-state index contributed by atoms with van der Waals surface area (Å²) in [7, 11) is 0. The van der Waals surface area contributed by atoms with Crippen LogP contribution in [0.4, 0.5) is 0 Å². The average molecular weight is 282 g/mol. The molecule has 2 rings (SSSR count). The zero-order valence-corrected chi connectivity index (χ0v) is 12.0. The summed E-state index contributed by atoms with van der Waals surface area (Å²) >= 11 is 0. The summed E-state index contributed by atoms with van der Waals surface area (Å²) in [5.74, 6) is -1.26. The molecular weight excluding hydrogens is 260 g/mol. The van der Waals surface area contributed by atoms with E-state index in [-0.39, 0.29) is 17.7 Å². The molecule has 1 aliphatic carbocycles. The van der Waals surface area contributed by atoms with E-state index in [1.165, 1.54) is 6.92 Å². The summed E-state index contributed by atoms with van der Waals surface area (Å²) in [5, 5.41) is 11.8. The van der Waals surface area contributed by atoms with Gasteiger partial charge in [-0.3, -0.25) is 9.59 Å². The van der Waals surface area contributed by atoms with E-state index in [0.29, 0.717) is 19.4 Å². The lowest BCUT2D eigenvalue weighted by Gasteiger charge is -2.29. The molecule has 20 heavy (non-hydrogen) atoms. The standard InChI is InChI=1S/C14H22N2O4/c1-3-14(2,13(19)20)15-11(17)10-5-4-8-16(10)12(18)9-6-7-9/h9-10H,3-8H2,1-2H3,(H,15,17)(H,19,20). The predicted octanol–water partition coefficient (Wildman–Crippen LogP) is 0.757. The summed E-state index contributed by atoms with van der Waals surface area (Å²) in [6.45, 7) is 3.81. The predicted molar refractivity (Wildman–Crippen MR) is 71.9 cm³/mol. The Morgan fingerprint density at radius 1 is 1.30 bits per heavy atom. The molecule has 0 aromatic carbocycles. The van der Waals surface area contributed by atoms with Crippen LogP contribution in [0.1, 0.15) is 46.0 Å². The number of likely N-dealkylation sites (tertiary alicyclic amines) is 1. The second kappa shape index (κ2) is 5.42. The molecule has 0 aromatic rings. The highest BCUT2D eigenvalue weighted by Gasteiger charge is 2.43. The van der Waals surface area contributed by atoms with Crippen molar-refractivity contribution in [2.75, 3.05) is 6.54 Å². The zero-order chi connectivity index (χ0) is 14.9. The van der Waals surface area contributed by atoms with E-state index < -0.39 is 17.6 Å². The van der Waals surface area contributed by atoms with Gasteiger partial charge < -0.3 is 15.3 Å². The summed E-state index contributed by atoms with van der Waals surface area (Å²) in [5.41, 5.74) is -1.27. The second-order valence-electron chi connectivity index (χ2n) is 5.94. The van der Waals surface area contributed by atoms with Gasteiger partial charge in [-0.2, -0.15) is 0 Å². The van der Waals surface area contributed by atoms with Crippen LogP contribution in [-0.2, 0) is 14.4 Å². The maximum atomic E-state index is 12.3. The minimum absolute atomic E-state index is 0.0520. The summed E-state index contributed by atoms with van der Waals surface area (Å²) in [6.07, 6.45) is 3.53. The van der Waals surface area contributed by atoms with Gasteiger partial charge in [-0.1, -0.05) is 6.92 Å². The van der Waals surface area contributed by atoms with Crippen LogP contribution in [-0.4, -0.2) is 45.9 Å². The van der Waals surface area contributed by atoms with E-state index in [0.717, 1.165) is 19.3 Å². The quantitative estimate of drug-likeness (QED) is 0.779. The maximum Gasteiger partial charge on any atom is 0.329 e. The average Bonchev–Trinajstić information content (AvgIpc) is 3.14. The first-order valence-corrected chi connectivity index (χ1v) is 7.25. The van der Waals surface area contributed by atoms with Crippen LogP contribution < -0.4 is 5.32 Å². The molecule has 2 aliphatic rings. The first kappa shape index (κ1) is 14.8. The molecular formula is C14H22N2O4. The van der Waals surface area contributed by atoms with Gasteiger partial charge in [0.15, 0.2) is 0 Å². The number of carboxylic acid groups (broad SMARTS) is 1. The molecule has 6 heteroatoms. The number of nitrogens with one attached hydrogen (secondary N) is 1. The number of carbonyl (C=O) groups excluding carboxylic acids is 2. The normalized spacial score (nSPS) is 25.1. The van der Waals surface area contributed by atoms with E-state index >= 15 is 0 Å². The van der Waals surface area contributed by atoms with Gasteiger partial charge in [0.05, 0.1) is 0 Å². The highest BCUT2D eigenvalue weighted by atomic mass is 16.4. The van der Waals surface area contributed by atoms with E-state index in [1.807, 2.05) is 0 Å². The van der Waals surface area contributed by atoms with Gasteiger partial charge in [-0.05, 0) is 39.0 Å². The molecule has 0 aromatic heterocycles. The second-order valence-corrected chi connectivity index (χ2v) is 5.94. The van der Waals surface area contributed by atoms with Crippen molar-refractivity contribution in [1.82, 2.24) is 10.2 Å². The van der Waals surface area contributed by atoms with E-state index in [2.05, 4.69) is 5.32 Å². The molecule has 0 spiro atoms. The molecule has 6 nitrogen and oxygen atoms in total. The van der Waals surface area contributed by atoms with Crippen molar-refractivity contribution in [3.05, 3.63) is 0 Å². The van der Waals surface area contributed by atoms with Gasteiger partial charge in [0.1, 0.15) is 11.6 Å². The van der Waals surface area contributed by atoms with Crippen molar-refractivity contribution in [3.63, 3.8) is 0 Å². The van der Waals surface area contributed by atoms with Crippen molar-refractivity contribution in [2.45, 2.75) is 57.5 Å². The fourth-order valence-corrected chi connectivity index (χ4v) is 2.52. The Bertz CT molecular complexity index is 433. The van der Waals surface area contributed by atoms with Gasteiger partial charge in [-0.15, -0.1) is 0 Å². The Morgan fingerprint density at radius 3 is 2.45 bits per heavy atom. The Morgan fingerprint density at radius 2 is 1.95 bits per heavy atom. The molecule has 2 unspecified atom stereocenters. The lowest BCUT2D eigenvalue weighted by atomic mass is 9.98. The highest BCUT2D eigenvalue weighted by molar-refractivity contribution is 5.93. The van der Waals surface area contributed by atoms with Crippen LogP contribution in [0.25, 0.3) is 0 Å². The van der Waals surface area contributed by atoms with Gasteiger partial charge >= 0.3 is 5.97 Å². The van der Waals surface area contributed by atoms with Crippen molar-refractivity contribution in [2.24, 2.45) is 5.92 Å². The summed E-state index contributed by atoms with van der Waals surface area (Å²) < 4.78 is 0. The molecule has 1 saturated carbocycles. The van der Waals surface area contributed by atoms with Crippen LogP contribution in [0, 0.1) is 5.92 Å². The van der Waals surface area contributed by atoms with Gasteiger partial charge in [0, 0.05) is 12.5 Å². The molecule has 1 saturated heterocycles. The van der Waals surface area contributed by atoms with Crippen molar-refractivity contribution < 1.29 is 19.5 Å². The fourth-order valence-electron chi connectivity index (χ4n) is 2.52. The van der Waals surface area contributed by atoms with Crippen LogP contribution in [0.15, 0.2) is 0 Å². The molecule has 2 atom stereocenters. The van der Waals surface area contributed by atoms with E-state index in [1.54, 1.807) is 11.8 Å². The third-order valence-electron chi connectivity index (χ3n) is 4.34. The Kier molecular flexibility index (Phi) is 4.01. The topological polar surface area (TPSA) is 86.7 Å². The molecule has 2 N–H and O–H groups in total. The van der Waals surface area contributed by atoms with Crippen LogP contribution in [0.3, 0.4) is 0 Å². The van der Waals surface area contributed by atoms with E-state index in [9.17, 15) is 19.5 Å². The molecule has 2 fully saturated rings. The highest BCUT2D eigenvalue weighted by Crippen LogP contribution is 2.33. The van der Waals surface area contributed by atoms with E-state index in [4.69, 9.17) is 0 Å². The number of hydrogen-bond donors (Lipinski definition) is 2. The third kappa shape index (κ3) is 2.78. The maximum absolute atomic E-state index is 12.3. The number of hydrogen-bond acceptors (Lipinski definition) is 3. The first-order valence-electron chi connectivity index (χ1n) is 7.25. The largest absolute Gasteiger partial charge is 0.480 e. The van der Waals surface area contributed by atoms with Crippen molar-refractivity contribution >= 4 is 17.8 Å². The molecule has 1 heterocycles. The number of carbonyl (C=O) groups is 3. The fraction of sp³-hybridized carbons (Fsp3) is 0.786. The Balaban J connectivity index is 2.04. The monoisotopic (exact) mass is 282 g/mol. The molecule has 112 valence electrons. The van der Waals surface area contributed by atoms with Crippen LogP contribution >= 0.6 is 0 Å². The summed E-state index contributed by atoms with van der Waals surface area (Å²) in [6, 6.07) is -0.506. The Hall–Kier alpha value is -1.59. The third-order valence-corrected chi connectivity index (χ3v) is 4.34. The molecule has 2 amide bonds. The molecule has 0 radical (unpaired) electrons. The van der Waals surface area contributed by atoms with Gasteiger partial charge in [0.2, 0.25) is 11.8 Å². The van der Waals surface area contributed by atoms with Crippen molar-refractivity contribution in [3.8, 4) is 0 Å². The number of rotatable bonds is 5. The van der Waals surface area contributed by atoms with Gasteiger partial charge in [-0.25, -0.2) is 4.79 Å². The smallest absolute Gasteiger partial charge is 0.329 e. The molecule has 1 aliphatic heterocycles. The number of carboxylic acids is 1. The number of nitrogens with zero attached hydrogens (tertiary/aromatic N) is 1. The lowest BCUT2D eigenvalue weighted by Crippen LogP contribution is -2.57. The summed E-state index contributed by atoms with van der Waals surface area (Å²) in [4.78, 5) is 37.3. The SMILES string of the molecule is CCC(C)(NC(=O)C1CCCN1C(=O)C1CC1)C(=O)O. The molecule has 0 bridgehead atoms. The minimum Gasteiger partial charge on any atom is -0.480 e. The minimum atomic E-state index is -1.27. The zero-order valence-electron chi connectivity index (χ0n) is 12.0.